The highest BCUT2D eigenvalue weighted by atomic mass is 16.6. The van der Waals surface area contributed by atoms with E-state index in [2.05, 4.69) is 167 Å². The van der Waals surface area contributed by atoms with Gasteiger partial charge in [0.05, 0.1) is 0 Å². The Bertz CT molecular complexity index is 1710. The predicted molar refractivity (Wildman–Crippen MR) is 325 cm³/mol. The van der Waals surface area contributed by atoms with Crippen molar-refractivity contribution in [3.8, 4) is 0 Å². The third-order valence-electron chi connectivity index (χ3n) is 12.0. The van der Waals surface area contributed by atoms with Crippen LogP contribution in [0, 0.1) is 0 Å². The minimum absolute atomic E-state index is 0.123. The summed E-state index contributed by atoms with van der Waals surface area (Å²) in [5.74, 6) is -1.05. The van der Waals surface area contributed by atoms with Gasteiger partial charge in [-0.25, -0.2) is 0 Å². The fraction of sp³-hybridized carbons (Fsp3) is 0.580. The summed E-state index contributed by atoms with van der Waals surface area (Å²) < 4.78 is 16.8. The fourth-order valence-electron chi connectivity index (χ4n) is 7.60. The molecule has 0 radical (unpaired) electrons. The summed E-state index contributed by atoms with van der Waals surface area (Å²) in [5.41, 5.74) is 0. The van der Waals surface area contributed by atoms with Gasteiger partial charge in [-0.1, -0.05) is 249 Å². The molecule has 1 atom stereocenters. The molecule has 0 saturated heterocycles. The highest BCUT2D eigenvalue weighted by Gasteiger charge is 2.19. The van der Waals surface area contributed by atoms with Gasteiger partial charge in [-0.05, 0) is 128 Å². The number of esters is 3. The van der Waals surface area contributed by atoms with E-state index in [0.29, 0.717) is 19.3 Å². The van der Waals surface area contributed by atoms with Gasteiger partial charge >= 0.3 is 17.9 Å². The second-order valence-corrected chi connectivity index (χ2v) is 19.2. The van der Waals surface area contributed by atoms with E-state index in [-0.39, 0.29) is 44.0 Å². The topological polar surface area (TPSA) is 78.9 Å². The van der Waals surface area contributed by atoms with Crippen LogP contribution in [0.4, 0.5) is 0 Å². The number of rotatable bonds is 52. The third-order valence-corrected chi connectivity index (χ3v) is 12.0. The van der Waals surface area contributed by atoms with E-state index in [1.54, 1.807) is 0 Å². The van der Waals surface area contributed by atoms with Crippen molar-refractivity contribution in [3.63, 3.8) is 0 Å². The Labute approximate surface area is 460 Å². The Morgan fingerprint density at radius 2 is 0.587 bits per heavy atom. The number of ether oxygens (including phenoxy) is 3. The van der Waals surface area contributed by atoms with Crippen molar-refractivity contribution >= 4 is 17.9 Å². The van der Waals surface area contributed by atoms with E-state index in [4.69, 9.17) is 14.2 Å². The summed E-state index contributed by atoms with van der Waals surface area (Å²) in [6.45, 7) is 6.28. The van der Waals surface area contributed by atoms with Crippen molar-refractivity contribution < 1.29 is 28.6 Å². The molecule has 0 aliphatic heterocycles. The molecule has 0 aliphatic rings. The molecule has 0 aromatic heterocycles. The minimum Gasteiger partial charge on any atom is -0.462 e. The smallest absolute Gasteiger partial charge is 0.306 e. The summed E-state index contributed by atoms with van der Waals surface area (Å²) in [5, 5.41) is 0. The molecule has 1 unspecified atom stereocenters. The summed E-state index contributed by atoms with van der Waals surface area (Å²) in [4.78, 5) is 38.2. The molecule has 0 amide bonds. The molecule has 0 bridgehead atoms. The lowest BCUT2D eigenvalue weighted by Crippen LogP contribution is -2.30. The first-order chi connectivity index (χ1) is 37.0. The molecule has 0 aromatic carbocycles. The van der Waals surface area contributed by atoms with Crippen molar-refractivity contribution in [1.29, 1.82) is 0 Å². The molecule has 75 heavy (non-hydrogen) atoms. The zero-order valence-electron chi connectivity index (χ0n) is 48.0. The Morgan fingerprint density at radius 3 is 0.987 bits per heavy atom. The lowest BCUT2D eigenvalue weighted by molar-refractivity contribution is -0.166. The van der Waals surface area contributed by atoms with Gasteiger partial charge in [-0.3, -0.25) is 14.4 Å². The van der Waals surface area contributed by atoms with Crippen LogP contribution in [0.1, 0.15) is 239 Å². The maximum absolute atomic E-state index is 12.9. The zero-order chi connectivity index (χ0) is 54.3. The van der Waals surface area contributed by atoms with Crippen LogP contribution in [0.3, 0.4) is 0 Å². The molecular weight excluding hydrogens is 925 g/mol. The SMILES string of the molecule is CC/C=C\C/C=C\C/C=C\C/C=C\C/C=C\C/C=C\CCC(=O)OCC(COC(=O)CCCCCCCCCCCC/C=C\C=C/CCCCC)OC(=O)CCCCC/C=C\C/C=C\C/C=C\C/C=C\C/C=C\CC. The van der Waals surface area contributed by atoms with Crippen molar-refractivity contribution in [2.75, 3.05) is 13.2 Å². The van der Waals surface area contributed by atoms with Gasteiger partial charge in [0, 0.05) is 19.3 Å². The highest BCUT2D eigenvalue weighted by Crippen LogP contribution is 2.14. The number of allylic oxidation sites excluding steroid dienone is 26. The first-order valence-corrected chi connectivity index (χ1v) is 30.0. The Hall–Kier alpha value is -4.97. The molecule has 6 nitrogen and oxygen atoms in total. The normalized spacial score (nSPS) is 13.3. The number of hydrogen-bond acceptors (Lipinski definition) is 6. The van der Waals surface area contributed by atoms with Crippen molar-refractivity contribution in [2.24, 2.45) is 0 Å². The Balaban J connectivity index is 4.59. The maximum Gasteiger partial charge on any atom is 0.306 e. The third kappa shape index (κ3) is 59.8. The zero-order valence-corrected chi connectivity index (χ0v) is 48.0. The largest absolute Gasteiger partial charge is 0.462 e. The van der Waals surface area contributed by atoms with E-state index in [1.807, 2.05) is 12.2 Å². The molecule has 0 fully saturated rings. The number of hydrogen-bond donors (Lipinski definition) is 0. The van der Waals surface area contributed by atoms with Crippen molar-refractivity contribution in [3.05, 3.63) is 158 Å². The van der Waals surface area contributed by atoms with Crippen LogP contribution in [0.15, 0.2) is 158 Å². The Kier molecular flexibility index (Phi) is 57.5. The van der Waals surface area contributed by atoms with Crippen LogP contribution < -0.4 is 0 Å². The van der Waals surface area contributed by atoms with Crippen molar-refractivity contribution in [1.82, 2.24) is 0 Å². The van der Waals surface area contributed by atoms with E-state index in [1.165, 1.54) is 77.0 Å². The fourth-order valence-corrected chi connectivity index (χ4v) is 7.60. The van der Waals surface area contributed by atoms with Gasteiger partial charge in [0.1, 0.15) is 13.2 Å². The van der Waals surface area contributed by atoms with Crippen LogP contribution in [0.2, 0.25) is 0 Å². The maximum atomic E-state index is 12.9. The van der Waals surface area contributed by atoms with Crippen LogP contribution >= 0.6 is 0 Å². The van der Waals surface area contributed by atoms with Crippen LogP contribution in [0.5, 0.6) is 0 Å². The molecule has 420 valence electrons. The van der Waals surface area contributed by atoms with Gasteiger partial charge in [-0.2, -0.15) is 0 Å². The summed E-state index contributed by atoms with van der Waals surface area (Å²) >= 11 is 0. The first kappa shape index (κ1) is 70.0. The van der Waals surface area contributed by atoms with Gasteiger partial charge in [0.2, 0.25) is 0 Å². The second kappa shape index (κ2) is 61.6. The standard InChI is InChI=1S/C69H108O6/c1-4-7-10-13-16-19-22-25-28-31-34-37-40-43-46-49-52-55-58-61-67(70)73-64-66(75-69(72)63-60-57-54-51-48-45-42-39-36-33-30-27-24-21-18-15-12-9-6-3)65-74-68(71)62-59-56-53-50-47-44-41-38-35-32-29-26-23-20-17-14-11-8-5-2/h7,9-10,12,16-21,23,25-28,30,34,36-37,39,43,45-46,48,52,55,66H,4-6,8,11,13-15,22,24,29,31-33,35,38,40-42,44,47,49-51,53-54,56-65H2,1-3H3/b10-7-,12-9-,19-16-,20-17-,21-18-,26-23-,28-25-,30-27-,37-34-,39-36-,46-43-,48-45-,55-52-. The lowest BCUT2D eigenvalue weighted by atomic mass is 10.1. The molecule has 0 spiro atoms. The predicted octanol–water partition coefficient (Wildman–Crippen LogP) is 20.5. The van der Waals surface area contributed by atoms with Gasteiger partial charge in [0.15, 0.2) is 6.10 Å². The van der Waals surface area contributed by atoms with E-state index < -0.39 is 6.10 Å². The first-order valence-electron chi connectivity index (χ1n) is 30.0. The molecular formula is C69H108O6. The average molecular weight is 1030 g/mol. The molecule has 0 heterocycles. The van der Waals surface area contributed by atoms with Crippen LogP contribution in [0.25, 0.3) is 0 Å². The summed E-state index contributed by atoms with van der Waals surface area (Å²) in [6.07, 6.45) is 89.6. The lowest BCUT2D eigenvalue weighted by Gasteiger charge is -2.18. The van der Waals surface area contributed by atoms with Gasteiger partial charge < -0.3 is 14.2 Å². The molecule has 0 rings (SSSR count). The van der Waals surface area contributed by atoms with E-state index in [0.717, 1.165) is 109 Å². The van der Waals surface area contributed by atoms with Crippen LogP contribution in [-0.2, 0) is 28.6 Å². The van der Waals surface area contributed by atoms with Gasteiger partial charge in [0.25, 0.3) is 0 Å². The summed E-state index contributed by atoms with van der Waals surface area (Å²) in [7, 11) is 0. The quantitative estimate of drug-likeness (QED) is 0.0199. The summed E-state index contributed by atoms with van der Waals surface area (Å²) in [6, 6.07) is 0. The van der Waals surface area contributed by atoms with Gasteiger partial charge in [-0.15, -0.1) is 0 Å². The second-order valence-electron chi connectivity index (χ2n) is 19.2. The number of carbonyl (C=O) groups excluding carboxylic acids is 3. The average Bonchev–Trinajstić information content (AvgIpc) is 3.41. The minimum atomic E-state index is -0.837. The molecule has 0 aliphatic carbocycles. The Morgan fingerprint density at radius 1 is 0.293 bits per heavy atom. The van der Waals surface area contributed by atoms with E-state index >= 15 is 0 Å². The van der Waals surface area contributed by atoms with Crippen LogP contribution in [-0.4, -0.2) is 37.2 Å². The highest BCUT2D eigenvalue weighted by molar-refractivity contribution is 5.71. The molecule has 0 saturated carbocycles. The monoisotopic (exact) mass is 1030 g/mol. The molecule has 0 aromatic rings. The number of unbranched alkanes of at least 4 members (excludes halogenated alkanes) is 16. The van der Waals surface area contributed by atoms with Crippen molar-refractivity contribution in [2.45, 2.75) is 245 Å². The van der Waals surface area contributed by atoms with E-state index in [9.17, 15) is 14.4 Å². The number of carbonyl (C=O) groups is 3. The molecule has 6 heteroatoms. The molecule has 0 N–H and O–H groups in total.